The Bertz CT molecular complexity index is 1490. The molecule has 0 heterocycles. The van der Waals surface area contributed by atoms with Gasteiger partial charge in [0, 0.05) is 32.0 Å². The third-order valence-electron chi connectivity index (χ3n) is 5.39. The van der Waals surface area contributed by atoms with Crippen LogP contribution in [0.2, 0.25) is 0 Å². The average molecular weight is 519 g/mol. The van der Waals surface area contributed by atoms with Crippen LogP contribution in [0.5, 0.6) is 0 Å². The van der Waals surface area contributed by atoms with Crippen molar-refractivity contribution in [2.24, 2.45) is 0 Å². The van der Waals surface area contributed by atoms with Gasteiger partial charge < -0.3 is 0 Å². The zero-order chi connectivity index (χ0) is 25.7. The van der Waals surface area contributed by atoms with Crippen LogP contribution in [0.3, 0.4) is 0 Å². The van der Waals surface area contributed by atoms with Crippen molar-refractivity contribution in [1.82, 2.24) is 0 Å². The van der Waals surface area contributed by atoms with Crippen LogP contribution in [0.4, 0.5) is 17.6 Å². The summed E-state index contributed by atoms with van der Waals surface area (Å²) in [5.74, 6) is 4.94. The van der Waals surface area contributed by atoms with Crippen molar-refractivity contribution >= 4 is 25.3 Å². The standard InChI is InChI=1S/C30H18F4S2/c31-27-25(28(32)30(34)26(29(27)33)18-12-22-9-15-24(36)16-10-22)17-11-20-4-1-19(2-5-20)3-6-21-7-13-23(35)14-8-21/h1-2,4-5,7-10,13-16,35-36H,11,17H2. The van der Waals surface area contributed by atoms with Gasteiger partial charge >= 0.3 is 0 Å². The zero-order valence-corrected chi connectivity index (χ0v) is 20.5. The Morgan fingerprint density at radius 3 is 1.31 bits per heavy atom. The smallest absolute Gasteiger partial charge is 0.177 e. The van der Waals surface area contributed by atoms with E-state index in [1.165, 1.54) is 0 Å². The predicted molar refractivity (Wildman–Crippen MR) is 139 cm³/mol. The number of rotatable bonds is 3. The molecular formula is C30H18F4S2. The summed E-state index contributed by atoms with van der Waals surface area (Å²) in [6.07, 6.45) is -0.0331. The van der Waals surface area contributed by atoms with Gasteiger partial charge in [0.05, 0.1) is 0 Å². The Kier molecular flexibility index (Phi) is 8.10. The molecule has 0 aliphatic heterocycles. The molecule has 36 heavy (non-hydrogen) atoms. The first kappa shape index (κ1) is 25.5. The van der Waals surface area contributed by atoms with Gasteiger partial charge in [0.1, 0.15) is 5.56 Å². The van der Waals surface area contributed by atoms with E-state index in [1.54, 1.807) is 48.5 Å². The van der Waals surface area contributed by atoms with Crippen molar-refractivity contribution in [2.75, 3.05) is 0 Å². The van der Waals surface area contributed by atoms with E-state index in [0.717, 1.165) is 21.6 Å². The quantitative estimate of drug-likeness (QED) is 0.120. The lowest BCUT2D eigenvalue weighted by molar-refractivity contribution is 0.435. The van der Waals surface area contributed by atoms with Gasteiger partial charge in [0.15, 0.2) is 23.3 Å². The van der Waals surface area contributed by atoms with Gasteiger partial charge in [-0.2, -0.15) is 0 Å². The molecule has 178 valence electrons. The molecule has 0 bridgehead atoms. The summed E-state index contributed by atoms with van der Waals surface area (Å²) >= 11 is 8.38. The Labute approximate surface area is 218 Å². The molecule has 0 radical (unpaired) electrons. The molecule has 4 aromatic carbocycles. The van der Waals surface area contributed by atoms with Crippen molar-refractivity contribution in [3.63, 3.8) is 0 Å². The molecule has 0 aliphatic carbocycles. The number of halogens is 4. The fourth-order valence-electron chi connectivity index (χ4n) is 3.40. The van der Waals surface area contributed by atoms with Gasteiger partial charge in [0.2, 0.25) is 0 Å². The summed E-state index contributed by atoms with van der Waals surface area (Å²) in [4.78, 5) is 1.53. The van der Waals surface area contributed by atoms with Gasteiger partial charge in [-0.15, -0.1) is 25.3 Å². The second kappa shape index (κ2) is 11.4. The van der Waals surface area contributed by atoms with Crippen molar-refractivity contribution in [1.29, 1.82) is 0 Å². The maximum Gasteiger partial charge on any atom is 0.177 e. The number of thiol groups is 2. The Balaban J connectivity index is 1.49. The number of benzene rings is 4. The number of hydrogen-bond donors (Lipinski definition) is 2. The zero-order valence-electron chi connectivity index (χ0n) is 18.7. The molecule has 0 saturated heterocycles. The highest BCUT2D eigenvalue weighted by molar-refractivity contribution is 7.80. The Hall–Kier alpha value is -3.58. The van der Waals surface area contributed by atoms with Crippen molar-refractivity contribution in [3.05, 3.63) is 129 Å². The van der Waals surface area contributed by atoms with Gasteiger partial charge in [-0.1, -0.05) is 35.8 Å². The molecular weight excluding hydrogens is 500 g/mol. The van der Waals surface area contributed by atoms with E-state index < -0.39 is 34.4 Å². The average Bonchev–Trinajstić information content (AvgIpc) is 2.89. The second-order valence-electron chi connectivity index (χ2n) is 7.90. The fraction of sp³-hybridized carbons (Fsp3) is 0.0667. The summed E-state index contributed by atoms with van der Waals surface area (Å²) in [6.45, 7) is 0. The summed E-state index contributed by atoms with van der Waals surface area (Å²) in [6, 6.07) is 21.0. The summed E-state index contributed by atoms with van der Waals surface area (Å²) in [5.41, 5.74) is 1.20. The molecule has 0 aromatic heterocycles. The monoisotopic (exact) mass is 518 g/mol. The lowest BCUT2D eigenvalue weighted by atomic mass is 10.00. The van der Waals surface area contributed by atoms with E-state index >= 15 is 0 Å². The van der Waals surface area contributed by atoms with Crippen LogP contribution in [0.25, 0.3) is 0 Å². The third-order valence-corrected chi connectivity index (χ3v) is 5.99. The number of aryl methyl sites for hydroxylation is 1. The fourth-order valence-corrected chi connectivity index (χ4v) is 3.70. The van der Waals surface area contributed by atoms with Gasteiger partial charge in [-0.3, -0.25) is 0 Å². The molecule has 0 nitrogen and oxygen atoms in total. The minimum atomic E-state index is -1.50. The first-order chi connectivity index (χ1) is 17.3. The highest BCUT2D eigenvalue weighted by atomic mass is 32.1. The maximum absolute atomic E-state index is 14.7. The molecule has 0 aliphatic rings. The summed E-state index contributed by atoms with van der Waals surface area (Å²) in [7, 11) is 0. The molecule has 0 unspecified atom stereocenters. The molecule has 6 heteroatoms. The van der Waals surface area contributed by atoms with Gasteiger partial charge in [-0.05, 0) is 79.1 Å². The van der Waals surface area contributed by atoms with E-state index in [0.29, 0.717) is 10.5 Å². The van der Waals surface area contributed by atoms with Crippen LogP contribution in [0.1, 0.15) is 33.4 Å². The topological polar surface area (TPSA) is 0 Å². The van der Waals surface area contributed by atoms with E-state index in [-0.39, 0.29) is 12.8 Å². The molecule has 0 spiro atoms. The molecule has 0 saturated carbocycles. The largest absolute Gasteiger partial charge is 0.203 e. The van der Waals surface area contributed by atoms with E-state index in [1.807, 2.05) is 24.3 Å². The molecule has 4 rings (SSSR count). The van der Waals surface area contributed by atoms with Crippen LogP contribution < -0.4 is 0 Å². The molecule has 4 aromatic rings. The van der Waals surface area contributed by atoms with Crippen LogP contribution >= 0.6 is 25.3 Å². The Morgan fingerprint density at radius 2 is 0.861 bits per heavy atom. The van der Waals surface area contributed by atoms with Crippen LogP contribution in [-0.4, -0.2) is 0 Å². The third kappa shape index (κ3) is 6.15. The van der Waals surface area contributed by atoms with Gasteiger partial charge in [-0.25, -0.2) is 17.6 Å². The Morgan fingerprint density at radius 1 is 0.472 bits per heavy atom. The molecule has 0 atom stereocenters. The SMILES string of the molecule is Fc1c(F)c(CCc2ccc(C#Cc3ccc(S)cc3)cc2)c(F)c(F)c1C#Cc1ccc(S)cc1. The maximum atomic E-state index is 14.7. The minimum Gasteiger partial charge on any atom is -0.203 e. The molecule has 0 N–H and O–H groups in total. The van der Waals surface area contributed by atoms with Crippen LogP contribution in [-0.2, 0) is 12.8 Å². The second-order valence-corrected chi connectivity index (χ2v) is 8.93. The first-order valence-corrected chi connectivity index (χ1v) is 11.8. The predicted octanol–water partition coefficient (Wildman–Crippen LogP) is 7.41. The normalized spacial score (nSPS) is 10.3. The first-order valence-electron chi connectivity index (χ1n) is 10.9. The van der Waals surface area contributed by atoms with E-state index in [2.05, 4.69) is 48.9 Å². The van der Waals surface area contributed by atoms with E-state index in [4.69, 9.17) is 0 Å². The van der Waals surface area contributed by atoms with Crippen LogP contribution in [0.15, 0.2) is 82.6 Å². The summed E-state index contributed by atoms with van der Waals surface area (Å²) in [5, 5.41) is 0. The number of hydrogen-bond acceptors (Lipinski definition) is 2. The lowest BCUT2D eigenvalue weighted by Crippen LogP contribution is -2.08. The van der Waals surface area contributed by atoms with Crippen molar-refractivity contribution in [2.45, 2.75) is 22.6 Å². The van der Waals surface area contributed by atoms with Gasteiger partial charge in [0.25, 0.3) is 0 Å². The van der Waals surface area contributed by atoms with E-state index in [9.17, 15) is 17.6 Å². The highest BCUT2D eigenvalue weighted by Gasteiger charge is 2.24. The lowest BCUT2D eigenvalue weighted by Gasteiger charge is -2.09. The molecule has 0 amide bonds. The van der Waals surface area contributed by atoms with Crippen LogP contribution in [0, 0.1) is 47.0 Å². The summed E-state index contributed by atoms with van der Waals surface area (Å²) < 4.78 is 58.5. The minimum absolute atomic E-state index is 0.185. The highest BCUT2D eigenvalue weighted by Crippen LogP contribution is 2.25. The van der Waals surface area contributed by atoms with Crippen molar-refractivity contribution < 1.29 is 17.6 Å². The molecule has 0 fully saturated rings. The van der Waals surface area contributed by atoms with Crippen molar-refractivity contribution in [3.8, 4) is 23.7 Å².